The Hall–Kier alpha value is -4.93. The van der Waals surface area contributed by atoms with Gasteiger partial charge in [0.05, 0.1) is 24.7 Å². The number of aromatic amines is 1. The number of benzene rings is 2. The lowest BCUT2D eigenvalue weighted by molar-refractivity contribution is -0.138. The molecule has 5 N–H and O–H groups in total. The van der Waals surface area contributed by atoms with Gasteiger partial charge in [0.1, 0.15) is 29.8 Å². The van der Waals surface area contributed by atoms with Crippen LogP contribution < -0.4 is 20.7 Å². The second-order valence-electron chi connectivity index (χ2n) is 7.83. The summed E-state index contributed by atoms with van der Waals surface area (Å²) in [7, 11) is 1.24. The third-order valence-electron chi connectivity index (χ3n) is 5.42. The van der Waals surface area contributed by atoms with Crippen molar-refractivity contribution in [3.63, 3.8) is 0 Å². The molecular weight excluding hydrogens is 462 g/mol. The Balaban J connectivity index is 1.50. The molecule has 0 saturated carbocycles. The summed E-state index contributed by atoms with van der Waals surface area (Å²) in [5, 5.41) is 10.7. The minimum atomic E-state index is -0.770. The number of aromatic nitrogens is 3. The molecule has 0 atom stereocenters. The molecule has 2 aromatic heterocycles. The number of nitrogens with two attached hydrogens (primary N) is 1. The van der Waals surface area contributed by atoms with Gasteiger partial charge in [-0.3, -0.25) is 10.2 Å². The first-order valence-electron chi connectivity index (χ1n) is 11.0. The Morgan fingerprint density at radius 3 is 2.58 bits per heavy atom. The van der Waals surface area contributed by atoms with E-state index in [1.807, 2.05) is 12.1 Å². The zero-order valence-electron chi connectivity index (χ0n) is 19.7. The van der Waals surface area contributed by atoms with Crippen molar-refractivity contribution in [2.24, 2.45) is 5.73 Å². The fraction of sp³-hybridized carbons (Fsp3) is 0.160. The minimum absolute atomic E-state index is 0.0132. The zero-order valence-corrected chi connectivity index (χ0v) is 19.7. The van der Waals surface area contributed by atoms with E-state index in [4.69, 9.17) is 20.6 Å². The number of hydrogen-bond donors (Lipinski definition) is 4. The van der Waals surface area contributed by atoms with E-state index in [1.54, 1.807) is 49.4 Å². The van der Waals surface area contributed by atoms with Gasteiger partial charge in [-0.25, -0.2) is 19.7 Å². The Labute approximate surface area is 206 Å². The first kappa shape index (κ1) is 24.2. The first-order valence-corrected chi connectivity index (χ1v) is 11.0. The molecule has 0 aliphatic heterocycles. The molecule has 4 rings (SSSR count). The third kappa shape index (κ3) is 5.41. The smallest absolute Gasteiger partial charge is 0.421 e. The summed E-state index contributed by atoms with van der Waals surface area (Å²) in [6.45, 7) is 1.88. The standard InChI is InChI=1S/C25H25N7O4/c1-15-19(36-25(34)32(14-22(33)35-2)21-5-3-4-12-28-21)11-10-18-23(15)31-20(30-18)13-29-17-8-6-16(7-9-17)24(26)27/h3-12,29H,13-14H2,1-2H3,(H3,26,27)(H,30,31). The highest BCUT2D eigenvalue weighted by atomic mass is 16.6. The van der Waals surface area contributed by atoms with Gasteiger partial charge in [0, 0.05) is 23.0 Å². The molecule has 0 aliphatic carbocycles. The van der Waals surface area contributed by atoms with E-state index >= 15 is 0 Å². The summed E-state index contributed by atoms with van der Waals surface area (Å²) in [5.41, 5.74) is 9.09. The van der Waals surface area contributed by atoms with Crippen LogP contribution in [0.2, 0.25) is 0 Å². The normalized spacial score (nSPS) is 10.6. The number of hydrogen-bond acceptors (Lipinski definition) is 8. The van der Waals surface area contributed by atoms with E-state index in [9.17, 15) is 9.59 Å². The molecule has 0 bridgehead atoms. The molecule has 0 unspecified atom stereocenters. The summed E-state index contributed by atoms with van der Waals surface area (Å²) < 4.78 is 10.3. The highest BCUT2D eigenvalue weighted by molar-refractivity contribution is 5.95. The number of carbonyl (C=O) groups is 2. The molecular formula is C25H25N7O4. The van der Waals surface area contributed by atoms with Crippen molar-refractivity contribution >= 4 is 40.4 Å². The van der Waals surface area contributed by atoms with Gasteiger partial charge in [-0.05, 0) is 55.5 Å². The number of pyridine rings is 1. The Kier molecular flexibility index (Phi) is 7.10. The predicted molar refractivity (Wildman–Crippen MR) is 135 cm³/mol. The number of rotatable bonds is 8. The maximum Gasteiger partial charge on any atom is 0.421 e. The van der Waals surface area contributed by atoms with Crippen LogP contribution >= 0.6 is 0 Å². The fourth-order valence-electron chi connectivity index (χ4n) is 3.49. The monoisotopic (exact) mass is 487 g/mol. The van der Waals surface area contributed by atoms with Crippen LogP contribution in [0.15, 0.2) is 60.8 Å². The number of amidine groups is 1. The van der Waals surface area contributed by atoms with Crippen LogP contribution in [0.5, 0.6) is 5.75 Å². The summed E-state index contributed by atoms with van der Waals surface area (Å²) in [6, 6.07) is 15.6. The van der Waals surface area contributed by atoms with Crippen LogP contribution in [-0.4, -0.2) is 46.5 Å². The van der Waals surface area contributed by atoms with Crippen molar-refractivity contribution in [2.45, 2.75) is 13.5 Å². The molecule has 0 spiro atoms. The number of H-pyrrole nitrogens is 1. The van der Waals surface area contributed by atoms with Crippen LogP contribution in [0.1, 0.15) is 17.0 Å². The molecule has 0 aliphatic rings. The van der Waals surface area contributed by atoms with Crippen molar-refractivity contribution in [3.8, 4) is 5.75 Å². The first-order chi connectivity index (χ1) is 17.4. The molecule has 36 heavy (non-hydrogen) atoms. The van der Waals surface area contributed by atoms with Gasteiger partial charge in [0.2, 0.25) is 0 Å². The van der Waals surface area contributed by atoms with E-state index < -0.39 is 12.1 Å². The lowest BCUT2D eigenvalue weighted by Gasteiger charge is -2.20. The number of ether oxygens (including phenoxy) is 2. The van der Waals surface area contributed by atoms with Gasteiger partial charge in [0.15, 0.2) is 0 Å². The van der Waals surface area contributed by atoms with E-state index in [0.29, 0.717) is 34.8 Å². The summed E-state index contributed by atoms with van der Waals surface area (Å²) >= 11 is 0. The SMILES string of the molecule is COC(=O)CN(C(=O)Oc1ccc2[nH]c(CNc3ccc(C(=N)N)cc3)nc2c1C)c1ccccn1. The Morgan fingerprint density at radius 2 is 1.92 bits per heavy atom. The average Bonchev–Trinajstić information content (AvgIpc) is 3.32. The van der Waals surface area contributed by atoms with Gasteiger partial charge in [-0.15, -0.1) is 0 Å². The van der Waals surface area contributed by atoms with Crippen molar-refractivity contribution < 1.29 is 19.1 Å². The minimum Gasteiger partial charge on any atom is -0.468 e. The number of methoxy groups -OCH3 is 1. The molecule has 11 nitrogen and oxygen atoms in total. The van der Waals surface area contributed by atoms with Gasteiger partial charge >= 0.3 is 12.1 Å². The number of imidazole rings is 1. The molecule has 2 aromatic carbocycles. The second kappa shape index (κ2) is 10.6. The lowest BCUT2D eigenvalue weighted by atomic mass is 10.2. The summed E-state index contributed by atoms with van der Waals surface area (Å²) in [6.07, 6.45) is 0.745. The quantitative estimate of drug-likeness (QED) is 0.167. The van der Waals surface area contributed by atoms with E-state index in [0.717, 1.165) is 16.1 Å². The molecule has 0 saturated heterocycles. The van der Waals surface area contributed by atoms with Crippen LogP contribution in [0, 0.1) is 12.3 Å². The van der Waals surface area contributed by atoms with Crippen molar-refractivity contribution in [3.05, 3.63) is 77.7 Å². The fourth-order valence-corrected chi connectivity index (χ4v) is 3.49. The summed E-state index contributed by atoms with van der Waals surface area (Å²) in [4.78, 5) is 38.0. The van der Waals surface area contributed by atoms with Gasteiger partial charge < -0.3 is 25.5 Å². The molecule has 184 valence electrons. The van der Waals surface area contributed by atoms with E-state index in [2.05, 4.69) is 20.3 Å². The van der Waals surface area contributed by atoms with Gasteiger partial charge in [-0.2, -0.15) is 0 Å². The second-order valence-corrected chi connectivity index (χ2v) is 7.83. The van der Waals surface area contributed by atoms with Crippen molar-refractivity contribution in [1.29, 1.82) is 5.41 Å². The van der Waals surface area contributed by atoms with Crippen LogP contribution in [-0.2, 0) is 16.1 Å². The van der Waals surface area contributed by atoms with E-state index in [1.165, 1.54) is 13.3 Å². The third-order valence-corrected chi connectivity index (χ3v) is 5.42. The maximum absolute atomic E-state index is 13.0. The average molecular weight is 488 g/mol. The molecule has 0 fully saturated rings. The predicted octanol–water partition coefficient (Wildman–Crippen LogP) is 3.34. The number of nitrogen functional groups attached to an aromatic ring is 1. The number of esters is 1. The molecule has 0 radical (unpaired) electrons. The molecule has 4 aromatic rings. The molecule has 2 heterocycles. The van der Waals surface area contributed by atoms with Crippen molar-refractivity contribution in [2.75, 3.05) is 23.9 Å². The number of aryl methyl sites for hydroxylation is 1. The molecule has 11 heteroatoms. The van der Waals surface area contributed by atoms with Crippen LogP contribution in [0.25, 0.3) is 11.0 Å². The van der Waals surface area contributed by atoms with Crippen LogP contribution in [0.4, 0.5) is 16.3 Å². The topological polar surface area (TPSA) is 159 Å². The number of fused-ring (bicyclic) bond motifs is 1. The van der Waals surface area contributed by atoms with Crippen LogP contribution in [0.3, 0.4) is 0 Å². The summed E-state index contributed by atoms with van der Waals surface area (Å²) in [5.74, 6) is 0.665. The van der Waals surface area contributed by atoms with Gasteiger partial charge in [0.25, 0.3) is 0 Å². The number of nitrogens with zero attached hydrogens (tertiary/aromatic N) is 3. The molecule has 1 amide bonds. The number of carbonyl (C=O) groups excluding carboxylic acids is 2. The Morgan fingerprint density at radius 1 is 1.14 bits per heavy atom. The largest absolute Gasteiger partial charge is 0.468 e. The highest BCUT2D eigenvalue weighted by Crippen LogP contribution is 2.27. The van der Waals surface area contributed by atoms with E-state index in [-0.39, 0.29) is 18.2 Å². The lowest BCUT2D eigenvalue weighted by Crippen LogP contribution is -2.38. The van der Waals surface area contributed by atoms with Crippen molar-refractivity contribution in [1.82, 2.24) is 15.0 Å². The number of amides is 1. The Bertz CT molecular complexity index is 1400. The maximum atomic E-state index is 13.0. The highest BCUT2D eigenvalue weighted by Gasteiger charge is 2.24. The zero-order chi connectivity index (χ0) is 25.7. The number of nitrogens with one attached hydrogen (secondary N) is 3. The number of anilines is 2. The van der Waals surface area contributed by atoms with Gasteiger partial charge in [-0.1, -0.05) is 6.07 Å².